The fourth-order valence-electron chi connectivity index (χ4n) is 3.36. The molecular formula is C16H29N3O2. The van der Waals surface area contributed by atoms with Crippen LogP contribution in [0.2, 0.25) is 0 Å². The minimum Gasteiger partial charge on any atom is -0.344 e. The maximum atomic E-state index is 12.6. The van der Waals surface area contributed by atoms with E-state index in [0.29, 0.717) is 18.9 Å². The number of piperidine rings is 1. The number of rotatable bonds is 5. The quantitative estimate of drug-likeness (QED) is 0.830. The predicted molar refractivity (Wildman–Crippen MR) is 82.9 cm³/mol. The zero-order chi connectivity index (χ0) is 15.2. The van der Waals surface area contributed by atoms with Crippen molar-refractivity contribution in [2.24, 2.45) is 5.92 Å². The van der Waals surface area contributed by atoms with Gasteiger partial charge in [-0.05, 0) is 44.8 Å². The maximum Gasteiger partial charge on any atom is 0.245 e. The van der Waals surface area contributed by atoms with Crippen LogP contribution in [0.1, 0.15) is 46.0 Å². The standard InChI is InChI=1S/C16H29N3O2/c1-3-5-14-16(21)19(11-8-15(20)17-14)12-13-6-9-18(4-2)10-7-13/h13-14H,3-12H2,1-2H3,(H,17,20). The highest BCUT2D eigenvalue weighted by Crippen LogP contribution is 2.20. The van der Waals surface area contributed by atoms with Gasteiger partial charge in [0.15, 0.2) is 0 Å². The van der Waals surface area contributed by atoms with Crippen LogP contribution >= 0.6 is 0 Å². The molecule has 1 N–H and O–H groups in total. The van der Waals surface area contributed by atoms with Crippen molar-refractivity contribution in [2.45, 2.75) is 52.0 Å². The number of hydrogen-bond acceptors (Lipinski definition) is 3. The summed E-state index contributed by atoms with van der Waals surface area (Å²) in [6, 6.07) is -0.305. The summed E-state index contributed by atoms with van der Waals surface area (Å²) < 4.78 is 0. The molecule has 2 aliphatic rings. The smallest absolute Gasteiger partial charge is 0.245 e. The molecule has 0 aromatic heterocycles. The maximum absolute atomic E-state index is 12.6. The zero-order valence-corrected chi connectivity index (χ0v) is 13.4. The Morgan fingerprint density at radius 3 is 2.48 bits per heavy atom. The van der Waals surface area contributed by atoms with Gasteiger partial charge in [-0.25, -0.2) is 0 Å². The first kappa shape index (κ1) is 16.3. The van der Waals surface area contributed by atoms with E-state index in [-0.39, 0.29) is 17.9 Å². The van der Waals surface area contributed by atoms with Gasteiger partial charge < -0.3 is 15.1 Å². The van der Waals surface area contributed by atoms with Crippen molar-refractivity contribution in [3.8, 4) is 0 Å². The second kappa shape index (κ2) is 7.78. The van der Waals surface area contributed by atoms with Crippen molar-refractivity contribution in [1.29, 1.82) is 0 Å². The second-order valence-corrected chi connectivity index (χ2v) is 6.32. The third-order valence-corrected chi connectivity index (χ3v) is 4.76. The third kappa shape index (κ3) is 4.43. The van der Waals surface area contributed by atoms with Gasteiger partial charge in [0.25, 0.3) is 0 Å². The second-order valence-electron chi connectivity index (χ2n) is 6.32. The summed E-state index contributed by atoms with van der Waals surface area (Å²) in [6.07, 6.45) is 4.43. The van der Waals surface area contributed by atoms with Gasteiger partial charge in [0.1, 0.15) is 6.04 Å². The van der Waals surface area contributed by atoms with Crippen LogP contribution in [0.4, 0.5) is 0 Å². The van der Waals surface area contributed by atoms with E-state index >= 15 is 0 Å². The van der Waals surface area contributed by atoms with Gasteiger partial charge in [-0.1, -0.05) is 20.3 Å². The van der Waals surface area contributed by atoms with Crippen LogP contribution in [0.25, 0.3) is 0 Å². The van der Waals surface area contributed by atoms with Crippen LogP contribution in [0, 0.1) is 5.92 Å². The Bertz CT molecular complexity index is 365. The van der Waals surface area contributed by atoms with Crippen LogP contribution in [-0.2, 0) is 9.59 Å². The lowest BCUT2D eigenvalue weighted by molar-refractivity contribution is -0.134. The Labute approximate surface area is 128 Å². The largest absolute Gasteiger partial charge is 0.344 e. The third-order valence-electron chi connectivity index (χ3n) is 4.76. The number of nitrogens with one attached hydrogen (secondary N) is 1. The summed E-state index contributed by atoms with van der Waals surface area (Å²) in [6.45, 7) is 9.05. The van der Waals surface area contributed by atoms with E-state index in [1.165, 1.54) is 0 Å². The normalized spacial score (nSPS) is 25.8. The molecule has 0 bridgehead atoms. The van der Waals surface area contributed by atoms with Crippen molar-refractivity contribution in [2.75, 3.05) is 32.7 Å². The number of likely N-dealkylation sites (tertiary alicyclic amines) is 1. The Morgan fingerprint density at radius 1 is 1.14 bits per heavy atom. The molecule has 2 aliphatic heterocycles. The molecule has 120 valence electrons. The zero-order valence-electron chi connectivity index (χ0n) is 13.4. The number of carbonyl (C=O) groups excluding carboxylic acids is 2. The number of amides is 2. The molecule has 0 radical (unpaired) electrons. The Kier molecular flexibility index (Phi) is 6.03. The molecule has 2 rings (SSSR count). The van der Waals surface area contributed by atoms with Crippen molar-refractivity contribution in [1.82, 2.24) is 15.1 Å². The molecule has 21 heavy (non-hydrogen) atoms. The van der Waals surface area contributed by atoms with E-state index in [2.05, 4.69) is 24.1 Å². The molecule has 2 fully saturated rings. The average Bonchev–Trinajstić information content (AvgIpc) is 2.62. The monoisotopic (exact) mass is 295 g/mol. The van der Waals surface area contributed by atoms with E-state index < -0.39 is 0 Å². The van der Waals surface area contributed by atoms with Crippen molar-refractivity contribution in [3.05, 3.63) is 0 Å². The molecule has 0 aromatic rings. The predicted octanol–water partition coefficient (Wildman–Crippen LogP) is 1.24. The lowest BCUT2D eigenvalue weighted by Crippen LogP contribution is -2.47. The minimum atomic E-state index is -0.305. The summed E-state index contributed by atoms with van der Waals surface area (Å²) in [5.41, 5.74) is 0. The average molecular weight is 295 g/mol. The van der Waals surface area contributed by atoms with E-state index in [0.717, 1.165) is 51.9 Å². The van der Waals surface area contributed by atoms with Gasteiger partial charge >= 0.3 is 0 Å². The molecule has 0 aromatic carbocycles. The van der Waals surface area contributed by atoms with Gasteiger partial charge in [-0.2, -0.15) is 0 Å². The number of hydrogen-bond donors (Lipinski definition) is 1. The van der Waals surface area contributed by atoms with Crippen LogP contribution in [0.15, 0.2) is 0 Å². The lowest BCUT2D eigenvalue weighted by Gasteiger charge is -2.34. The van der Waals surface area contributed by atoms with E-state index in [1.807, 2.05) is 4.90 Å². The van der Waals surface area contributed by atoms with Gasteiger partial charge in [-0.3, -0.25) is 9.59 Å². The van der Waals surface area contributed by atoms with Gasteiger partial charge in [-0.15, -0.1) is 0 Å². The topological polar surface area (TPSA) is 52.7 Å². The molecule has 0 spiro atoms. The van der Waals surface area contributed by atoms with Crippen LogP contribution in [0.3, 0.4) is 0 Å². The van der Waals surface area contributed by atoms with Gasteiger partial charge in [0.05, 0.1) is 0 Å². The Balaban J connectivity index is 1.91. The molecule has 0 aliphatic carbocycles. The van der Waals surface area contributed by atoms with Gasteiger partial charge in [0.2, 0.25) is 11.8 Å². The summed E-state index contributed by atoms with van der Waals surface area (Å²) in [5, 5.41) is 2.87. The van der Waals surface area contributed by atoms with Crippen LogP contribution < -0.4 is 5.32 Å². The first-order chi connectivity index (χ1) is 10.1. The van der Waals surface area contributed by atoms with Crippen LogP contribution in [0.5, 0.6) is 0 Å². The summed E-state index contributed by atoms with van der Waals surface area (Å²) >= 11 is 0. The van der Waals surface area contributed by atoms with Crippen molar-refractivity contribution >= 4 is 11.8 Å². The van der Waals surface area contributed by atoms with Gasteiger partial charge in [0, 0.05) is 19.5 Å². The molecule has 5 nitrogen and oxygen atoms in total. The highest BCUT2D eigenvalue weighted by atomic mass is 16.2. The molecule has 2 saturated heterocycles. The highest BCUT2D eigenvalue weighted by molar-refractivity contribution is 5.89. The van der Waals surface area contributed by atoms with E-state index in [1.54, 1.807) is 0 Å². The van der Waals surface area contributed by atoms with E-state index in [4.69, 9.17) is 0 Å². The first-order valence-corrected chi connectivity index (χ1v) is 8.44. The Hall–Kier alpha value is -1.10. The molecule has 1 atom stereocenters. The van der Waals surface area contributed by atoms with E-state index in [9.17, 15) is 9.59 Å². The first-order valence-electron chi connectivity index (χ1n) is 8.44. The fraction of sp³-hybridized carbons (Fsp3) is 0.875. The summed E-state index contributed by atoms with van der Waals surface area (Å²) in [4.78, 5) is 28.7. The van der Waals surface area contributed by atoms with Crippen LogP contribution in [-0.4, -0.2) is 60.4 Å². The highest BCUT2D eigenvalue weighted by Gasteiger charge is 2.31. The minimum absolute atomic E-state index is 0.0186. The molecule has 1 unspecified atom stereocenters. The Morgan fingerprint density at radius 2 is 1.86 bits per heavy atom. The molecule has 0 saturated carbocycles. The number of nitrogens with zero attached hydrogens (tertiary/aromatic N) is 2. The molecule has 5 heteroatoms. The molecule has 2 heterocycles. The molecular weight excluding hydrogens is 266 g/mol. The van der Waals surface area contributed by atoms with Crippen molar-refractivity contribution < 1.29 is 9.59 Å². The summed E-state index contributed by atoms with van der Waals surface area (Å²) in [5.74, 6) is 0.734. The SMILES string of the molecule is CCCC1NC(=O)CCN(CC2CCN(CC)CC2)C1=O. The van der Waals surface area contributed by atoms with Crippen molar-refractivity contribution in [3.63, 3.8) is 0 Å². The molecule has 2 amide bonds. The summed E-state index contributed by atoms with van der Waals surface area (Å²) in [7, 11) is 0. The number of carbonyl (C=O) groups is 2. The fourth-order valence-corrected chi connectivity index (χ4v) is 3.36. The lowest BCUT2D eigenvalue weighted by atomic mass is 9.96.